The molecular formula is C16H16F3N7O. The number of aromatic nitrogens is 6. The van der Waals surface area contributed by atoms with Crippen molar-refractivity contribution in [1.82, 2.24) is 35.0 Å². The molecule has 0 radical (unpaired) electrons. The van der Waals surface area contributed by atoms with Gasteiger partial charge in [-0.2, -0.15) is 18.3 Å². The molecule has 27 heavy (non-hydrogen) atoms. The van der Waals surface area contributed by atoms with Crippen LogP contribution in [0.1, 0.15) is 36.2 Å². The van der Waals surface area contributed by atoms with Crippen LogP contribution in [0.4, 0.5) is 13.2 Å². The number of hydrogen-bond donors (Lipinski definition) is 2. The molecule has 8 nitrogen and oxygen atoms in total. The molecule has 0 atom stereocenters. The number of aromatic amines is 1. The first-order valence-corrected chi connectivity index (χ1v) is 8.49. The Morgan fingerprint density at radius 1 is 1.22 bits per heavy atom. The second-order valence-corrected chi connectivity index (χ2v) is 6.54. The maximum absolute atomic E-state index is 12.8. The Balaban J connectivity index is 1.54. The lowest BCUT2D eigenvalue weighted by molar-refractivity contribution is -0.182. The zero-order chi connectivity index (χ0) is 19.0. The van der Waals surface area contributed by atoms with Crippen LogP contribution in [0.5, 0.6) is 0 Å². The van der Waals surface area contributed by atoms with Crippen molar-refractivity contribution in [1.29, 1.82) is 0 Å². The number of alkyl halides is 3. The van der Waals surface area contributed by atoms with E-state index in [0.29, 0.717) is 11.0 Å². The molecule has 1 saturated carbocycles. The van der Waals surface area contributed by atoms with Crippen LogP contribution in [0, 0.1) is 5.92 Å². The average Bonchev–Trinajstić information content (AvgIpc) is 3.32. The number of carbonyl (C=O) groups excluding carboxylic acids is 1. The molecule has 1 aliphatic rings. The van der Waals surface area contributed by atoms with Gasteiger partial charge in [-0.25, -0.2) is 15.0 Å². The minimum atomic E-state index is -4.18. The van der Waals surface area contributed by atoms with E-state index in [-0.39, 0.29) is 43.4 Å². The molecule has 3 heterocycles. The molecule has 0 spiro atoms. The zero-order valence-electron chi connectivity index (χ0n) is 14.1. The van der Waals surface area contributed by atoms with Crippen molar-refractivity contribution in [3.63, 3.8) is 0 Å². The van der Waals surface area contributed by atoms with E-state index in [2.05, 4.69) is 30.5 Å². The Hall–Kier alpha value is -2.98. The summed E-state index contributed by atoms with van der Waals surface area (Å²) in [6.07, 6.45) is 2.58. The van der Waals surface area contributed by atoms with Gasteiger partial charge < -0.3 is 5.32 Å². The highest BCUT2D eigenvalue weighted by Crippen LogP contribution is 2.37. The van der Waals surface area contributed by atoms with Crippen molar-refractivity contribution in [3.05, 3.63) is 30.6 Å². The van der Waals surface area contributed by atoms with Gasteiger partial charge in [-0.1, -0.05) is 0 Å². The Kier molecular flexibility index (Phi) is 4.28. The van der Waals surface area contributed by atoms with Crippen molar-refractivity contribution >= 4 is 16.9 Å². The van der Waals surface area contributed by atoms with Crippen LogP contribution in [-0.4, -0.2) is 47.8 Å². The van der Waals surface area contributed by atoms with Crippen molar-refractivity contribution in [2.75, 3.05) is 0 Å². The minimum Gasteiger partial charge on any atom is -0.348 e. The number of rotatable bonds is 3. The first-order valence-electron chi connectivity index (χ1n) is 8.49. The van der Waals surface area contributed by atoms with Gasteiger partial charge in [0.05, 0.1) is 12.1 Å². The highest BCUT2D eigenvalue weighted by atomic mass is 19.4. The van der Waals surface area contributed by atoms with Crippen LogP contribution in [-0.2, 0) is 0 Å². The van der Waals surface area contributed by atoms with Gasteiger partial charge in [-0.15, -0.1) is 0 Å². The van der Waals surface area contributed by atoms with Crippen LogP contribution >= 0.6 is 0 Å². The number of carbonyl (C=O) groups is 1. The van der Waals surface area contributed by atoms with Crippen molar-refractivity contribution in [2.24, 2.45) is 5.92 Å². The summed E-state index contributed by atoms with van der Waals surface area (Å²) in [5.41, 5.74) is 0.930. The third-order valence-electron chi connectivity index (χ3n) is 4.76. The summed E-state index contributed by atoms with van der Waals surface area (Å²) < 4.78 is 39.9. The Morgan fingerprint density at radius 2 is 2.00 bits per heavy atom. The molecule has 142 valence electrons. The molecule has 3 aromatic heterocycles. The molecule has 1 fully saturated rings. The van der Waals surface area contributed by atoms with Crippen molar-refractivity contribution in [3.8, 4) is 5.95 Å². The number of imidazole rings is 1. The molecule has 0 saturated heterocycles. The number of fused-ring (bicyclic) bond motifs is 1. The summed E-state index contributed by atoms with van der Waals surface area (Å²) in [4.78, 5) is 25.3. The van der Waals surface area contributed by atoms with E-state index in [4.69, 9.17) is 0 Å². The smallest absolute Gasteiger partial charge is 0.348 e. The van der Waals surface area contributed by atoms with Crippen LogP contribution in [0.3, 0.4) is 0 Å². The van der Waals surface area contributed by atoms with E-state index in [1.807, 2.05) is 0 Å². The summed E-state index contributed by atoms with van der Waals surface area (Å²) in [5.74, 6) is -1.51. The summed E-state index contributed by atoms with van der Waals surface area (Å²) in [7, 11) is 0. The number of amides is 1. The molecular weight excluding hydrogens is 363 g/mol. The summed E-state index contributed by atoms with van der Waals surface area (Å²) in [6.45, 7) is 0. The number of hydrogen-bond acceptors (Lipinski definition) is 5. The second kappa shape index (κ2) is 6.63. The topological polar surface area (TPSA) is 101 Å². The largest absolute Gasteiger partial charge is 0.391 e. The fourth-order valence-corrected chi connectivity index (χ4v) is 3.30. The van der Waals surface area contributed by atoms with Gasteiger partial charge in [0.15, 0.2) is 5.69 Å². The number of H-pyrrole nitrogens is 1. The zero-order valence-corrected chi connectivity index (χ0v) is 14.1. The highest BCUT2D eigenvalue weighted by Gasteiger charge is 2.41. The lowest BCUT2D eigenvalue weighted by Crippen LogP contribution is -2.40. The van der Waals surface area contributed by atoms with Crippen LogP contribution < -0.4 is 5.32 Å². The molecule has 3 aromatic rings. The molecule has 0 bridgehead atoms. The third-order valence-corrected chi connectivity index (χ3v) is 4.76. The fourth-order valence-electron chi connectivity index (χ4n) is 3.30. The van der Waals surface area contributed by atoms with E-state index in [1.54, 1.807) is 17.0 Å². The van der Waals surface area contributed by atoms with Gasteiger partial charge in [-0.3, -0.25) is 14.5 Å². The predicted molar refractivity (Wildman–Crippen MR) is 88.1 cm³/mol. The quantitative estimate of drug-likeness (QED) is 0.728. The van der Waals surface area contributed by atoms with E-state index in [0.717, 1.165) is 0 Å². The molecule has 11 heteroatoms. The molecule has 0 aliphatic heterocycles. The van der Waals surface area contributed by atoms with Crippen LogP contribution in [0.15, 0.2) is 24.9 Å². The van der Waals surface area contributed by atoms with E-state index in [1.165, 1.54) is 12.5 Å². The fraction of sp³-hybridized carbons (Fsp3) is 0.438. The normalized spacial score (nSPS) is 20.7. The van der Waals surface area contributed by atoms with Gasteiger partial charge >= 0.3 is 6.18 Å². The van der Waals surface area contributed by atoms with E-state index in [9.17, 15) is 18.0 Å². The van der Waals surface area contributed by atoms with Crippen molar-refractivity contribution < 1.29 is 18.0 Å². The van der Waals surface area contributed by atoms with Gasteiger partial charge in [0.25, 0.3) is 5.91 Å². The van der Waals surface area contributed by atoms with Gasteiger partial charge in [0.2, 0.25) is 5.95 Å². The third kappa shape index (κ3) is 3.49. The molecule has 1 amide bonds. The Labute approximate surface area is 151 Å². The van der Waals surface area contributed by atoms with Crippen LogP contribution in [0.2, 0.25) is 0 Å². The van der Waals surface area contributed by atoms with E-state index < -0.39 is 18.0 Å². The number of nitrogens with zero attached hydrogens (tertiary/aromatic N) is 5. The monoisotopic (exact) mass is 379 g/mol. The predicted octanol–water partition coefficient (Wildman–Crippen LogP) is 2.39. The maximum Gasteiger partial charge on any atom is 0.391 e. The second-order valence-electron chi connectivity index (χ2n) is 6.54. The molecule has 2 N–H and O–H groups in total. The summed E-state index contributed by atoms with van der Waals surface area (Å²) >= 11 is 0. The minimum absolute atomic E-state index is 0.0119. The first-order chi connectivity index (χ1) is 12.9. The summed E-state index contributed by atoms with van der Waals surface area (Å²) in [5, 5.41) is 9.38. The SMILES string of the molecule is O=C(N[C@H]1CC[C@@H](C(F)(F)F)CC1)c1nc(-n2ccnc2)nc2cn[nH]c12. The average molecular weight is 379 g/mol. The first kappa shape index (κ1) is 17.4. The van der Waals surface area contributed by atoms with Crippen molar-refractivity contribution in [2.45, 2.75) is 37.9 Å². The maximum atomic E-state index is 12.8. The molecule has 0 aromatic carbocycles. The Bertz CT molecular complexity index is 943. The molecule has 4 rings (SSSR count). The number of halogens is 3. The summed E-state index contributed by atoms with van der Waals surface area (Å²) in [6, 6.07) is -0.319. The van der Waals surface area contributed by atoms with Gasteiger partial charge in [0.1, 0.15) is 17.4 Å². The number of nitrogens with one attached hydrogen (secondary N) is 2. The molecule has 0 unspecified atom stereocenters. The standard InChI is InChI=1S/C16H16F3N7O/c17-16(18,19)9-1-3-10(4-2-9)22-14(27)13-12-11(7-21-25-12)23-15(24-13)26-6-5-20-8-26/h5-10H,1-4H2,(H,21,25)(H,22,27)/t9-,10+. The van der Waals surface area contributed by atoms with Gasteiger partial charge in [0, 0.05) is 18.4 Å². The highest BCUT2D eigenvalue weighted by molar-refractivity contribution is 6.02. The lowest BCUT2D eigenvalue weighted by Gasteiger charge is -2.30. The van der Waals surface area contributed by atoms with Gasteiger partial charge in [-0.05, 0) is 25.7 Å². The Morgan fingerprint density at radius 3 is 2.67 bits per heavy atom. The lowest BCUT2D eigenvalue weighted by atomic mass is 9.85. The van der Waals surface area contributed by atoms with Crippen LogP contribution in [0.25, 0.3) is 17.0 Å². The van der Waals surface area contributed by atoms with E-state index >= 15 is 0 Å². The molecule has 1 aliphatic carbocycles.